The Morgan fingerprint density at radius 3 is 2.42 bits per heavy atom. The molecule has 0 saturated carbocycles. The van der Waals surface area contributed by atoms with E-state index in [0.717, 1.165) is 11.1 Å². The van der Waals surface area contributed by atoms with E-state index in [1.165, 1.54) is 0 Å². The Balaban J connectivity index is 1.57. The summed E-state index contributed by atoms with van der Waals surface area (Å²) in [6.07, 6.45) is 0. The van der Waals surface area contributed by atoms with Crippen molar-refractivity contribution in [2.45, 2.75) is 6.61 Å². The molecule has 0 amide bonds. The van der Waals surface area contributed by atoms with Crippen LogP contribution in [0.15, 0.2) is 59.1 Å². The van der Waals surface area contributed by atoms with Gasteiger partial charge in [0.2, 0.25) is 5.82 Å². The van der Waals surface area contributed by atoms with Gasteiger partial charge in [-0.3, -0.25) is 0 Å². The van der Waals surface area contributed by atoms with Gasteiger partial charge in [-0.1, -0.05) is 63.7 Å². The van der Waals surface area contributed by atoms with Crippen LogP contribution in [0.2, 0.25) is 20.1 Å². The van der Waals surface area contributed by atoms with Gasteiger partial charge in [-0.2, -0.15) is 4.98 Å². The zero-order valence-corrected chi connectivity index (χ0v) is 19.1. The maximum Gasteiger partial charge on any atom is 0.258 e. The van der Waals surface area contributed by atoms with Gasteiger partial charge < -0.3 is 14.0 Å². The van der Waals surface area contributed by atoms with Gasteiger partial charge in [0.15, 0.2) is 5.75 Å². The van der Waals surface area contributed by atoms with Gasteiger partial charge in [0.05, 0.1) is 22.7 Å². The molecule has 0 saturated heterocycles. The molecule has 31 heavy (non-hydrogen) atoms. The molecule has 5 nitrogen and oxygen atoms in total. The van der Waals surface area contributed by atoms with E-state index in [9.17, 15) is 0 Å². The minimum atomic E-state index is 0.234. The summed E-state index contributed by atoms with van der Waals surface area (Å²) in [5, 5.41) is 5.72. The monoisotopic (exact) mass is 494 g/mol. The van der Waals surface area contributed by atoms with E-state index < -0.39 is 0 Å². The van der Waals surface area contributed by atoms with Crippen molar-refractivity contribution >= 4 is 46.4 Å². The van der Waals surface area contributed by atoms with E-state index in [2.05, 4.69) is 10.1 Å². The van der Waals surface area contributed by atoms with Crippen molar-refractivity contribution in [1.82, 2.24) is 10.1 Å². The van der Waals surface area contributed by atoms with E-state index in [1.807, 2.05) is 24.3 Å². The van der Waals surface area contributed by atoms with Crippen molar-refractivity contribution in [2.24, 2.45) is 0 Å². The van der Waals surface area contributed by atoms with Crippen molar-refractivity contribution in [3.8, 4) is 34.3 Å². The summed E-state index contributed by atoms with van der Waals surface area (Å²) < 4.78 is 16.6. The molecule has 9 heteroatoms. The first-order valence-electron chi connectivity index (χ1n) is 8.99. The summed E-state index contributed by atoms with van der Waals surface area (Å²) in [5.74, 6) is 1.68. The molecule has 4 aromatic rings. The number of hydrogen-bond acceptors (Lipinski definition) is 5. The zero-order valence-electron chi connectivity index (χ0n) is 16.0. The summed E-state index contributed by atoms with van der Waals surface area (Å²) in [5.41, 5.74) is 2.23. The molecule has 1 heterocycles. The van der Waals surface area contributed by atoms with Gasteiger partial charge in [-0.25, -0.2) is 0 Å². The van der Waals surface area contributed by atoms with E-state index >= 15 is 0 Å². The van der Waals surface area contributed by atoms with Crippen LogP contribution < -0.4 is 9.47 Å². The van der Waals surface area contributed by atoms with Crippen LogP contribution in [-0.4, -0.2) is 17.3 Å². The molecule has 0 aliphatic rings. The molecule has 0 radical (unpaired) electrons. The lowest BCUT2D eigenvalue weighted by atomic mass is 10.1. The van der Waals surface area contributed by atoms with Gasteiger partial charge in [0.1, 0.15) is 12.4 Å². The first-order chi connectivity index (χ1) is 14.9. The third-order valence-corrected chi connectivity index (χ3v) is 5.36. The molecule has 3 aromatic carbocycles. The number of rotatable bonds is 6. The van der Waals surface area contributed by atoms with Crippen LogP contribution in [0.1, 0.15) is 5.56 Å². The number of methoxy groups -OCH3 is 1. The van der Waals surface area contributed by atoms with Crippen LogP contribution in [-0.2, 0) is 6.61 Å². The van der Waals surface area contributed by atoms with Gasteiger partial charge >= 0.3 is 0 Å². The highest BCUT2D eigenvalue weighted by Crippen LogP contribution is 2.36. The second-order valence-corrected chi connectivity index (χ2v) is 8.14. The van der Waals surface area contributed by atoms with Crippen molar-refractivity contribution in [2.75, 3.05) is 7.11 Å². The van der Waals surface area contributed by atoms with Crippen molar-refractivity contribution in [3.63, 3.8) is 0 Å². The van der Waals surface area contributed by atoms with Crippen LogP contribution >= 0.6 is 46.4 Å². The van der Waals surface area contributed by atoms with Crippen LogP contribution in [0.25, 0.3) is 22.8 Å². The normalized spacial score (nSPS) is 10.9. The molecule has 0 aliphatic carbocycles. The number of halogens is 4. The topological polar surface area (TPSA) is 57.4 Å². The lowest BCUT2D eigenvalue weighted by molar-refractivity contribution is 0.306. The number of ether oxygens (including phenoxy) is 2. The third-order valence-electron chi connectivity index (χ3n) is 4.35. The van der Waals surface area contributed by atoms with E-state index in [1.54, 1.807) is 37.4 Å². The van der Waals surface area contributed by atoms with Crippen LogP contribution in [0, 0.1) is 0 Å². The van der Waals surface area contributed by atoms with Gasteiger partial charge in [0.25, 0.3) is 5.89 Å². The molecule has 0 unspecified atom stereocenters. The fraction of sp³-hybridized carbons (Fsp3) is 0.0909. The predicted octanol–water partition coefficient (Wildman–Crippen LogP) is 7.60. The number of aromatic nitrogens is 2. The highest BCUT2D eigenvalue weighted by molar-refractivity contribution is 6.40. The Morgan fingerprint density at radius 1 is 0.903 bits per heavy atom. The molecule has 158 valence electrons. The predicted molar refractivity (Wildman–Crippen MR) is 123 cm³/mol. The number of benzene rings is 3. The van der Waals surface area contributed by atoms with Gasteiger partial charge in [-0.05, 0) is 48.0 Å². The first-order valence-corrected chi connectivity index (χ1v) is 10.5. The summed E-state index contributed by atoms with van der Waals surface area (Å²) in [6, 6.07) is 15.9. The molecule has 0 bridgehead atoms. The Labute approximate surface area is 198 Å². The largest absolute Gasteiger partial charge is 0.496 e. The van der Waals surface area contributed by atoms with E-state index in [-0.39, 0.29) is 6.61 Å². The fourth-order valence-electron chi connectivity index (χ4n) is 2.92. The third kappa shape index (κ3) is 4.91. The Bertz CT molecular complexity index is 1220. The highest BCUT2D eigenvalue weighted by atomic mass is 35.5. The van der Waals surface area contributed by atoms with Crippen LogP contribution in [0.4, 0.5) is 0 Å². The summed E-state index contributed by atoms with van der Waals surface area (Å²) >= 11 is 24.4. The molecule has 0 fully saturated rings. The van der Waals surface area contributed by atoms with Crippen molar-refractivity contribution < 1.29 is 14.0 Å². The molecule has 0 atom stereocenters. The summed E-state index contributed by atoms with van der Waals surface area (Å²) in [4.78, 5) is 4.48. The molecular weight excluding hydrogens is 482 g/mol. The minimum Gasteiger partial charge on any atom is -0.496 e. The molecule has 0 spiro atoms. The maximum absolute atomic E-state index is 6.18. The van der Waals surface area contributed by atoms with Gasteiger partial charge in [-0.15, -0.1) is 0 Å². The molecule has 1 aromatic heterocycles. The lowest BCUT2D eigenvalue weighted by Crippen LogP contribution is -1.97. The molecule has 0 N–H and O–H groups in total. The second-order valence-electron chi connectivity index (χ2n) is 6.46. The van der Waals surface area contributed by atoms with Crippen molar-refractivity contribution in [1.29, 1.82) is 0 Å². The summed E-state index contributed by atoms with van der Waals surface area (Å²) in [7, 11) is 1.57. The average Bonchev–Trinajstić information content (AvgIpc) is 3.23. The Hall–Kier alpha value is -2.44. The van der Waals surface area contributed by atoms with Crippen LogP contribution in [0.3, 0.4) is 0 Å². The fourth-order valence-corrected chi connectivity index (χ4v) is 4.02. The quantitative estimate of drug-likeness (QED) is 0.275. The molecular formula is C22H14Cl4N2O3. The Kier molecular flexibility index (Phi) is 6.58. The Morgan fingerprint density at radius 2 is 1.68 bits per heavy atom. The standard InChI is InChI=1S/C22H14Cl4N2O3/c1-29-19-6-5-14(23)8-16(19)21-27-22(31-28-21)13-4-2-3-12(7-13)11-30-20-17(25)9-15(24)10-18(20)26/h2-10H,11H2,1H3. The smallest absolute Gasteiger partial charge is 0.258 e. The zero-order chi connectivity index (χ0) is 22.0. The van der Waals surface area contributed by atoms with Crippen molar-refractivity contribution in [3.05, 3.63) is 80.3 Å². The van der Waals surface area contributed by atoms with Crippen LogP contribution in [0.5, 0.6) is 11.5 Å². The maximum atomic E-state index is 6.18. The summed E-state index contributed by atoms with van der Waals surface area (Å²) in [6.45, 7) is 0.234. The van der Waals surface area contributed by atoms with E-state index in [0.29, 0.717) is 48.9 Å². The first kappa shape index (κ1) is 21.8. The number of nitrogens with zero attached hydrogens (tertiary/aromatic N) is 2. The second kappa shape index (κ2) is 9.37. The van der Waals surface area contributed by atoms with Gasteiger partial charge in [0, 0.05) is 15.6 Å². The minimum absolute atomic E-state index is 0.234. The molecule has 0 aliphatic heterocycles. The number of hydrogen-bond donors (Lipinski definition) is 0. The SMILES string of the molecule is COc1ccc(Cl)cc1-c1noc(-c2cccc(COc3c(Cl)cc(Cl)cc3Cl)c2)n1. The van der Waals surface area contributed by atoms with E-state index in [4.69, 9.17) is 60.4 Å². The average molecular weight is 496 g/mol. The highest BCUT2D eigenvalue weighted by Gasteiger charge is 2.16. The lowest BCUT2D eigenvalue weighted by Gasteiger charge is -2.10. The molecule has 4 rings (SSSR count).